The van der Waals surface area contributed by atoms with Gasteiger partial charge in [-0.3, -0.25) is 9.69 Å². The number of para-hydroxylation sites is 1. The number of nitrogens with zero attached hydrogens (tertiary/aromatic N) is 1. The van der Waals surface area contributed by atoms with E-state index in [9.17, 15) is 22.4 Å². The lowest BCUT2D eigenvalue weighted by Gasteiger charge is -2.23. The average Bonchev–Trinajstić information content (AvgIpc) is 2.49. The zero-order valence-corrected chi connectivity index (χ0v) is 11.2. The number of benzene rings is 2. The standard InChI is InChI=1S/C14H8ClF4NO/c15-7-11(21)20(8-4-2-1-3-5-8)14-12(18)9(16)6-10(17)13(14)19/h1-6H,7H2. The molecule has 0 bridgehead atoms. The molecule has 0 radical (unpaired) electrons. The van der Waals surface area contributed by atoms with E-state index in [-0.39, 0.29) is 11.8 Å². The Morgan fingerprint density at radius 3 is 2.00 bits per heavy atom. The summed E-state index contributed by atoms with van der Waals surface area (Å²) in [5.74, 6) is -8.09. The molecule has 2 rings (SSSR count). The maximum Gasteiger partial charge on any atom is 0.246 e. The molecular formula is C14H8ClF4NO. The Morgan fingerprint density at radius 1 is 1.00 bits per heavy atom. The SMILES string of the molecule is O=C(CCl)N(c1ccccc1)c1c(F)c(F)cc(F)c1F. The van der Waals surface area contributed by atoms with E-state index in [1.807, 2.05) is 0 Å². The molecule has 21 heavy (non-hydrogen) atoms. The smallest absolute Gasteiger partial charge is 0.246 e. The first-order valence-electron chi connectivity index (χ1n) is 5.74. The number of halogens is 5. The number of carbonyl (C=O) groups is 1. The van der Waals surface area contributed by atoms with Crippen molar-refractivity contribution in [3.63, 3.8) is 0 Å². The van der Waals surface area contributed by atoms with Crippen LogP contribution in [0.25, 0.3) is 0 Å². The van der Waals surface area contributed by atoms with Crippen molar-refractivity contribution >= 4 is 28.9 Å². The Labute approximate surface area is 122 Å². The number of alkyl halides is 1. The van der Waals surface area contributed by atoms with E-state index in [1.165, 1.54) is 24.3 Å². The van der Waals surface area contributed by atoms with Crippen LogP contribution < -0.4 is 4.90 Å². The Morgan fingerprint density at radius 2 is 1.52 bits per heavy atom. The molecule has 110 valence electrons. The Bertz CT molecular complexity index is 652. The van der Waals surface area contributed by atoms with Gasteiger partial charge in [0.1, 0.15) is 11.6 Å². The minimum absolute atomic E-state index is 0.0333. The predicted octanol–water partition coefficient (Wildman–Crippen LogP) is 4.15. The number of hydrogen-bond acceptors (Lipinski definition) is 1. The molecule has 2 aromatic carbocycles. The van der Waals surface area contributed by atoms with Crippen LogP contribution in [0.2, 0.25) is 0 Å². The molecule has 0 aliphatic carbocycles. The number of anilines is 2. The van der Waals surface area contributed by atoms with E-state index in [0.717, 1.165) is 0 Å². The summed E-state index contributed by atoms with van der Waals surface area (Å²) in [5, 5.41) is 0. The second kappa shape index (κ2) is 6.13. The molecule has 0 aliphatic rings. The number of rotatable bonds is 3. The molecule has 2 aromatic rings. The quantitative estimate of drug-likeness (QED) is 0.473. The van der Waals surface area contributed by atoms with Gasteiger partial charge in [0.15, 0.2) is 23.3 Å². The van der Waals surface area contributed by atoms with Gasteiger partial charge in [-0.05, 0) is 12.1 Å². The number of carbonyl (C=O) groups excluding carboxylic acids is 1. The fourth-order valence-corrected chi connectivity index (χ4v) is 1.91. The van der Waals surface area contributed by atoms with E-state index in [1.54, 1.807) is 6.07 Å². The second-order valence-electron chi connectivity index (χ2n) is 4.02. The summed E-state index contributed by atoms with van der Waals surface area (Å²) in [6.07, 6.45) is 0. The highest BCUT2D eigenvalue weighted by atomic mass is 35.5. The molecule has 0 spiro atoms. The van der Waals surface area contributed by atoms with E-state index < -0.39 is 40.7 Å². The summed E-state index contributed by atoms with van der Waals surface area (Å²) in [7, 11) is 0. The molecule has 0 saturated heterocycles. The molecule has 0 aliphatic heterocycles. The van der Waals surface area contributed by atoms with Gasteiger partial charge in [0.05, 0.1) is 0 Å². The van der Waals surface area contributed by atoms with Crippen LogP contribution in [-0.2, 0) is 4.79 Å². The molecule has 0 N–H and O–H groups in total. The predicted molar refractivity (Wildman–Crippen MR) is 70.6 cm³/mol. The lowest BCUT2D eigenvalue weighted by Crippen LogP contribution is -2.29. The van der Waals surface area contributed by atoms with Crippen LogP contribution in [0, 0.1) is 23.3 Å². The van der Waals surface area contributed by atoms with Crippen molar-refractivity contribution in [2.24, 2.45) is 0 Å². The molecule has 0 unspecified atom stereocenters. The summed E-state index contributed by atoms with van der Waals surface area (Å²) < 4.78 is 54.3. The maximum atomic E-state index is 13.9. The Hall–Kier alpha value is -2.08. The molecule has 0 saturated carbocycles. The van der Waals surface area contributed by atoms with Gasteiger partial charge < -0.3 is 0 Å². The van der Waals surface area contributed by atoms with Crippen LogP contribution >= 0.6 is 11.6 Å². The summed E-state index contributed by atoms with van der Waals surface area (Å²) in [4.78, 5) is 12.4. The third-order valence-corrected chi connectivity index (χ3v) is 2.92. The maximum absolute atomic E-state index is 13.9. The largest absolute Gasteiger partial charge is 0.274 e. The number of hydrogen-bond donors (Lipinski definition) is 0. The van der Waals surface area contributed by atoms with Gasteiger partial charge in [-0.2, -0.15) is 0 Å². The first-order valence-corrected chi connectivity index (χ1v) is 6.27. The Kier molecular flexibility index (Phi) is 4.47. The lowest BCUT2D eigenvalue weighted by molar-refractivity contribution is -0.115. The highest BCUT2D eigenvalue weighted by Gasteiger charge is 2.28. The van der Waals surface area contributed by atoms with Gasteiger partial charge >= 0.3 is 0 Å². The van der Waals surface area contributed by atoms with Crippen LogP contribution in [0.15, 0.2) is 36.4 Å². The molecule has 7 heteroatoms. The van der Waals surface area contributed by atoms with Crippen molar-refractivity contribution in [2.75, 3.05) is 10.8 Å². The van der Waals surface area contributed by atoms with E-state index in [2.05, 4.69) is 0 Å². The van der Waals surface area contributed by atoms with Crippen molar-refractivity contribution in [1.82, 2.24) is 0 Å². The summed E-state index contributed by atoms with van der Waals surface area (Å²) >= 11 is 5.41. The molecular weight excluding hydrogens is 310 g/mol. The second-order valence-corrected chi connectivity index (χ2v) is 4.28. The van der Waals surface area contributed by atoms with E-state index in [4.69, 9.17) is 11.6 Å². The van der Waals surface area contributed by atoms with Crippen LogP contribution in [0.1, 0.15) is 0 Å². The molecule has 0 atom stereocenters. The van der Waals surface area contributed by atoms with E-state index in [0.29, 0.717) is 4.90 Å². The normalized spacial score (nSPS) is 10.5. The molecule has 0 fully saturated rings. The fourth-order valence-electron chi connectivity index (χ4n) is 1.79. The zero-order chi connectivity index (χ0) is 15.6. The third-order valence-electron chi connectivity index (χ3n) is 2.69. The lowest BCUT2D eigenvalue weighted by atomic mass is 10.2. The summed E-state index contributed by atoms with van der Waals surface area (Å²) in [6.45, 7) is 0. The van der Waals surface area contributed by atoms with Gasteiger partial charge in [0, 0.05) is 11.8 Å². The van der Waals surface area contributed by atoms with Gasteiger partial charge in [0.25, 0.3) is 0 Å². The minimum Gasteiger partial charge on any atom is -0.274 e. The van der Waals surface area contributed by atoms with Gasteiger partial charge in [0.2, 0.25) is 5.91 Å². The first-order chi connectivity index (χ1) is 9.97. The summed E-state index contributed by atoms with van der Waals surface area (Å²) in [5.41, 5.74) is -1.10. The highest BCUT2D eigenvalue weighted by Crippen LogP contribution is 2.33. The molecule has 0 aromatic heterocycles. The van der Waals surface area contributed by atoms with Gasteiger partial charge in [-0.25, -0.2) is 17.6 Å². The zero-order valence-electron chi connectivity index (χ0n) is 10.4. The van der Waals surface area contributed by atoms with Crippen LogP contribution in [0.3, 0.4) is 0 Å². The van der Waals surface area contributed by atoms with Crippen molar-refractivity contribution < 1.29 is 22.4 Å². The monoisotopic (exact) mass is 317 g/mol. The van der Waals surface area contributed by atoms with Crippen molar-refractivity contribution in [1.29, 1.82) is 0 Å². The highest BCUT2D eigenvalue weighted by molar-refractivity contribution is 6.30. The van der Waals surface area contributed by atoms with Gasteiger partial charge in [-0.15, -0.1) is 11.6 Å². The average molecular weight is 318 g/mol. The summed E-state index contributed by atoms with van der Waals surface area (Å²) in [6, 6.07) is 7.37. The van der Waals surface area contributed by atoms with Crippen molar-refractivity contribution in [3.8, 4) is 0 Å². The molecule has 0 heterocycles. The van der Waals surface area contributed by atoms with Crippen LogP contribution in [-0.4, -0.2) is 11.8 Å². The van der Waals surface area contributed by atoms with Crippen LogP contribution in [0.5, 0.6) is 0 Å². The van der Waals surface area contributed by atoms with Crippen LogP contribution in [0.4, 0.5) is 28.9 Å². The van der Waals surface area contributed by atoms with Crippen molar-refractivity contribution in [3.05, 3.63) is 59.7 Å². The van der Waals surface area contributed by atoms with E-state index >= 15 is 0 Å². The first kappa shape index (κ1) is 15.3. The molecule has 1 amide bonds. The van der Waals surface area contributed by atoms with Gasteiger partial charge in [-0.1, -0.05) is 18.2 Å². The fraction of sp³-hybridized carbons (Fsp3) is 0.0714. The minimum atomic E-state index is -1.67. The number of amides is 1. The third kappa shape index (κ3) is 2.85. The Balaban J connectivity index is 2.72. The topological polar surface area (TPSA) is 20.3 Å². The molecule has 2 nitrogen and oxygen atoms in total. The van der Waals surface area contributed by atoms with Crippen molar-refractivity contribution in [2.45, 2.75) is 0 Å².